The third-order valence-corrected chi connectivity index (χ3v) is 2.74. The molecule has 0 saturated carbocycles. The van der Waals surface area contributed by atoms with Crippen molar-refractivity contribution in [1.82, 2.24) is 0 Å². The van der Waals surface area contributed by atoms with Crippen LogP contribution in [0.25, 0.3) is 0 Å². The normalized spacial score (nSPS) is 9.88. The van der Waals surface area contributed by atoms with Crippen molar-refractivity contribution in [3.8, 4) is 0 Å². The molecule has 0 fully saturated rings. The number of carbonyl (C=O) groups excluding carboxylic acids is 1. The summed E-state index contributed by atoms with van der Waals surface area (Å²) in [7, 11) is 0. The van der Waals surface area contributed by atoms with Crippen molar-refractivity contribution in [3.05, 3.63) is 29.3 Å². The van der Waals surface area contributed by atoms with E-state index in [1.165, 1.54) is 17.8 Å². The van der Waals surface area contributed by atoms with Gasteiger partial charge < -0.3 is 9.84 Å². The van der Waals surface area contributed by atoms with Crippen molar-refractivity contribution >= 4 is 23.7 Å². The molecule has 5 heteroatoms. The molecule has 0 spiro atoms. The van der Waals surface area contributed by atoms with Gasteiger partial charge in [0.15, 0.2) is 0 Å². The molecule has 0 heterocycles. The Labute approximate surface area is 97.6 Å². The van der Waals surface area contributed by atoms with Gasteiger partial charge in [-0.3, -0.25) is 0 Å². The first-order valence-corrected chi connectivity index (χ1v) is 5.91. The maximum absolute atomic E-state index is 11.5. The highest BCUT2D eigenvalue weighted by molar-refractivity contribution is 7.98. The van der Waals surface area contributed by atoms with Crippen LogP contribution < -0.4 is 0 Å². The summed E-state index contributed by atoms with van der Waals surface area (Å²) in [4.78, 5) is 23.2. The summed E-state index contributed by atoms with van der Waals surface area (Å²) in [6.45, 7) is 1.90. The fraction of sp³-hybridized carbons (Fsp3) is 0.273. The number of hydrogen-bond donors (Lipinski definition) is 1. The van der Waals surface area contributed by atoms with Crippen LogP contribution in [-0.4, -0.2) is 29.9 Å². The maximum Gasteiger partial charge on any atom is 0.339 e. The van der Waals surface area contributed by atoms with Gasteiger partial charge in [-0.15, -0.1) is 11.8 Å². The van der Waals surface area contributed by atoms with E-state index in [4.69, 9.17) is 9.84 Å². The lowest BCUT2D eigenvalue weighted by Gasteiger charge is -2.08. The van der Waals surface area contributed by atoms with Crippen LogP contribution in [0.4, 0.5) is 0 Å². The summed E-state index contributed by atoms with van der Waals surface area (Å²) in [6, 6.07) is 4.77. The minimum atomic E-state index is -1.12. The van der Waals surface area contributed by atoms with Crippen LogP contribution >= 0.6 is 11.8 Å². The van der Waals surface area contributed by atoms with Gasteiger partial charge in [-0.1, -0.05) is 6.07 Å². The molecule has 0 aliphatic rings. The first-order chi connectivity index (χ1) is 7.61. The molecule has 0 amide bonds. The maximum atomic E-state index is 11.5. The first-order valence-electron chi connectivity index (χ1n) is 4.69. The Morgan fingerprint density at radius 2 is 2.12 bits per heavy atom. The van der Waals surface area contributed by atoms with Crippen LogP contribution in [0.1, 0.15) is 27.6 Å². The monoisotopic (exact) mass is 240 g/mol. The molecule has 0 aliphatic carbocycles. The average molecular weight is 240 g/mol. The lowest BCUT2D eigenvalue weighted by molar-refractivity contribution is 0.0513. The van der Waals surface area contributed by atoms with Gasteiger partial charge in [0.05, 0.1) is 17.7 Å². The van der Waals surface area contributed by atoms with Gasteiger partial charge in [0.25, 0.3) is 0 Å². The number of ether oxygens (including phenoxy) is 1. The molecule has 0 saturated heterocycles. The fourth-order valence-electron chi connectivity index (χ4n) is 1.30. The minimum Gasteiger partial charge on any atom is -0.478 e. The van der Waals surface area contributed by atoms with E-state index in [0.29, 0.717) is 4.90 Å². The largest absolute Gasteiger partial charge is 0.478 e. The van der Waals surface area contributed by atoms with Crippen LogP contribution in [0, 0.1) is 0 Å². The Bertz CT molecular complexity index is 414. The molecule has 86 valence electrons. The predicted octanol–water partition coefficient (Wildman–Crippen LogP) is 2.28. The number of carbonyl (C=O) groups is 2. The van der Waals surface area contributed by atoms with E-state index >= 15 is 0 Å². The van der Waals surface area contributed by atoms with Crippen molar-refractivity contribution in [2.24, 2.45) is 0 Å². The van der Waals surface area contributed by atoms with Gasteiger partial charge in [-0.2, -0.15) is 0 Å². The summed E-state index contributed by atoms with van der Waals surface area (Å²) < 4.78 is 4.81. The molecule has 1 aromatic carbocycles. The van der Waals surface area contributed by atoms with Gasteiger partial charge in [-0.05, 0) is 25.3 Å². The topological polar surface area (TPSA) is 63.6 Å². The number of carboxylic acid groups (broad SMARTS) is 1. The Balaban J connectivity index is 3.27. The molecule has 0 atom stereocenters. The van der Waals surface area contributed by atoms with Crippen molar-refractivity contribution in [1.29, 1.82) is 0 Å². The SMILES string of the molecule is CCOC(=O)c1cccc(SC)c1C(=O)O. The molecule has 1 rings (SSSR count). The van der Waals surface area contributed by atoms with E-state index in [9.17, 15) is 9.59 Å². The van der Waals surface area contributed by atoms with Gasteiger partial charge in [0.1, 0.15) is 0 Å². The van der Waals surface area contributed by atoms with E-state index in [2.05, 4.69) is 0 Å². The van der Waals surface area contributed by atoms with Crippen LogP contribution in [0.5, 0.6) is 0 Å². The molecular formula is C11H12O4S. The van der Waals surface area contributed by atoms with Crippen LogP contribution in [0.2, 0.25) is 0 Å². The Morgan fingerprint density at radius 3 is 2.62 bits per heavy atom. The molecule has 0 bridgehead atoms. The number of thioether (sulfide) groups is 1. The fourth-order valence-corrected chi connectivity index (χ4v) is 1.92. The molecular weight excluding hydrogens is 228 g/mol. The van der Waals surface area contributed by atoms with E-state index < -0.39 is 11.9 Å². The van der Waals surface area contributed by atoms with Crippen LogP contribution in [-0.2, 0) is 4.74 Å². The number of carboxylic acids is 1. The number of aromatic carboxylic acids is 1. The lowest BCUT2D eigenvalue weighted by atomic mass is 10.1. The highest BCUT2D eigenvalue weighted by atomic mass is 32.2. The standard InChI is InChI=1S/C11H12O4S/c1-3-15-11(14)7-5-4-6-8(16-2)9(7)10(12)13/h4-6H,3H2,1-2H3,(H,12,13). The molecule has 0 radical (unpaired) electrons. The highest BCUT2D eigenvalue weighted by Crippen LogP contribution is 2.24. The summed E-state index contributed by atoms with van der Waals surface area (Å²) in [5.41, 5.74) is 0.106. The summed E-state index contributed by atoms with van der Waals surface area (Å²) >= 11 is 1.28. The zero-order chi connectivity index (χ0) is 12.1. The van der Waals surface area contributed by atoms with E-state index in [0.717, 1.165) is 0 Å². The number of benzene rings is 1. The second-order valence-corrected chi connectivity index (χ2v) is 3.76. The minimum absolute atomic E-state index is 0.00782. The van der Waals surface area contributed by atoms with E-state index in [1.54, 1.807) is 25.3 Å². The van der Waals surface area contributed by atoms with Gasteiger partial charge in [-0.25, -0.2) is 9.59 Å². The second-order valence-electron chi connectivity index (χ2n) is 2.91. The van der Waals surface area contributed by atoms with Gasteiger partial charge >= 0.3 is 11.9 Å². The zero-order valence-electron chi connectivity index (χ0n) is 9.02. The second kappa shape index (κ2) is 5.55. The van der Waals surface area contributed by atoms with Crippen LogP contribution in [0.3, 0.4) is 0 Å². The third kappa shape index (κ3) is 2.55. The van der Waals surface area contributed by atoms with Gasteiger partial charge in [0.2, 0.25) is 0 Å². The number of rotatable bonds is 4. The van der Waals surface area contributed by atoms with Crippen molar-refractivity contribution in [3.63, 3.8) is 0 Å². The molecule has 0 aromatic heterocycles. The summed E-state index contributed by atoms with van der Waals surface area (Å²) in [5.74, 6) is -1.72. The third-order valence-electron chi connectivity index (χ3n) is 1.96. The number of esters is 1. The summed E-state index contributed by atoms with van der Waals surface area (Å²) in [5, 5.41) is 9.07. The lowest BCUT2D eigenvalue weighted by Crippen LogP contribution is -2.12. The molecule has 1 N–H and O–H groups in total. The summed E-state index contributed by atoms with van der Waals surface area (Å²) in [6.07, 6.45) is 1.76. The number of hydrogen-bond acceptors (Lipinski definition) is 4. The average Bonchev–Trinajstić information content (AvgIpc) is 2.28. The quantitative estimate of drug-likeness (QED) is 0.646. The van der Waals surface area contributed by atoms with Crippen LogP contribution in [0.15, 0.2) is 23.1 Å². The Kier molecular flexibility index (Phi) is 4.37. The van der Waals surface area contributed by atoms with Crippen molar-refractivity contribution < 1.29 is 19.4 Å². The Morgan fingerprint density at radius 1 is 1.44 bits per heavy atom. The van der Waals surface area contributed by atoms with E-state index in [1.807, 2.05) is 0 Å². The smallest absolute Gasteiger partial charge is 0.339 e. The molecule has 4 nitrogen and oxygen atoms in total. The molecule has 0 unspecified atom stereocenters. The zero-order valence-corrected chi connectivity index (χ0v) is 9.84. The Hall–Kier alpha value is -1.49. The van der Waals surface area contributed by atoms with Crippen molar-refractivity contribution in [2.45, 2.75) is 11.8 Å². The first kappa shape index (κ1) is 12.6. The molecule has 16 heavy (non-hydrogen) atoms. The van der Waals surface area contributed by atoms with Crippen molar-refractivity contribution in [2.75, 3.05) is 12.9 Å². The van der Waals surface area contributed by atoms with Gasteiger partial charge in [0, 0.05) is 4.90 Å². The predicted molar refractivity (Wildman–Crippen MR) is 61.1 cm³/mol. The highest BCUT2D eigenvalue weighted by Gasteiger charge is 2.20. The molecule has 1 aromatic rings. The van der Waals surface area contributed by atoms with E-state index in [-0.39, 0.29) is 17.7 Å². The molecule has 0 aliphatic heterocycles.